The number of aromatic nitrogens is 2. The number of benzene rings is 2. The van der Waals surface area contributed by atoms with Gasteiger partial charge in [0.15, 0.2) is 12.4 Å². The van der Waals surface area contributed by atoms with Gasteiger partial charge in [-0.15, -0.1) is 0 Å². The van der Waals surface area contributed by atoms with Gasteiger partial charge in [-0.05, 0) is 36.4 Å². The van der Waals surface area contributed by atoms with Crippen molar-refractivity contribution in [1.82, 2.24) is 4.98 Å². The van der Waals surface area contributed by atoms with Gasteiger partial charge in [-0.3, -0.25) is 4.55 Å². The molecule has 0 unspecified atom stereocenters. The Morgan fingerprint density at radius 1 is 1.00 bits per heavy atom. The van der Waals surface area contributed by atoms with Crippen LogP contribution in [-0.4, -0.2) is 24.2 Å². The molecule has 4 aromatic rings. The summed E-state index contributed by atoms with van der Waals surface area (Å²) >= 11 is 0. The van der Waals surface area contributed by atoms with E-state index in [0.29, 0.717) is 6.26 Å². The van der Waals surface area contributed by atoms with Gasteiger partial charge in [0.1, 0.15) is 7.05 Å². The van der Waals surface area contributed by atoms with Gasteiger partial charge in [-0.2, -0.15) is 8.42 Å². The monoisotopic (exact) mass is 357 g/mol. The second-order valence-electron chi connectivity index (χ2n) is 6.34. The molecule has 2 aromatic carbocycles. The molecule has 0 aliphatic heterocycles. The second-order valence-corrected chi connectivity index (χ2v) is 7.81. The summed E-state index contributed by atoms with van der Waals surface area (Å²) in [6.07, 6.45) is 5.05. The minimum absolute atomic E-state index is 0.715. The van der Waals surface area contributed by atoms with Crippen LogP contribution >= 0.6 is 0 Å². The van der Waals surface area contributed by atoms with E-state index in [9.17, 15) is 8.42 Å². The first-order valence-corrected chi connectivity index (χ1v) is 9.72. The molecular weight excluding hydrogens is 336 g/mol. The number of fused-ring (bicyclic) bond motifs is 4. The fourth-order valence-electron chi connectivity index (χ4n) is 3.31. The van der Waals surface area contributed by atoms with Crippen LogP contribution in [0, 0.1) is 13.8 Å². The number of pyridine rings is 1. The molecule has 25 heavy (non-hydrogen) atoms. The van der Waals surface area contributed by atoms with E-state index in [1.165, 1.54) is 43.7 Å². The third kappa shape index (κ3) is 3.36. The Morgan fingerprint density at radius 2 is 1.64 bits per heavy atom. The maximum absolute atomic E-state index is 9.19. The summed E-state index contributed by atoms with van der Waals surface area (Å²) in [5.41, 5.74) is 5.17. The zero-order chi connectivity index (χ0) is 18.4. The molecule has 130 valence electrons. The van der Waals surface area contributed by atoms with E-state index in [2.05, 4.69) is 73.2 Å². The van der Waals surface area contributed by atoms with Crippen molar-refractivity contribution < 1.29 is 17.5 Å². The molecule has 2 aromatic heterocycles. The molecule has 2 heterocycles. The molecular formula is C19H21N2O3S+. The lowest BCUT2D eigenvalue weighted by atomic mass is 9.97. The normalized spacial score (nSPS) is 11.7. The van der Waals surface area contributed by atoms with E-state index < -0.39 is 10.1 Å². The number of hydrogen-bond donors (Lipinski definition) is 2. The summed E-state index contributed by atoms with van der Waals surface area (Å²) in [7, 11) is -1.59. The Balaban J connectivity index is 0.000000324. The predicted octanol–water partition coefficient (Wildman–Crippen LogP) is 3.42. The molecule has 5 nitrogen and oxygen atoms in total. The van der Waals surface area contributed by atoms with Gasteiger partial charge >= 0.3 is 0 Å². The van der Waals surface area contributed by atoms with Crippen molar-refractivity contribution in [1.29, 1.82) is 0 Å². The quantitative estimate of drug-likeness (QED) is 0.374. The molecule has 0 aliphatic rings. The van der Waals surface area contributed by atoms with E-state index in [-0.39, 0.29) is 0 Å². The summed E-state index contributed by atoms with van der Waals surface area (Å²) in [6.45, 7) is 4.43. The zero-order valence-corrected chi connectivity index (χ0v) is 15.5. The van der Waals surface area contributed by atoms with Gasteiger partial charge < -0.3 is 4.98 Å². The minimum atomic E-state index is -3.67. The topological polar surface area (TPSA) is 74.0 Å². The van der Waals surface area contributed by atoms with Crippen molar-refractivity contribution in [2.45, 2.75) is 13.8 Å². The lowest BCUT2D eigenvalue weighted by molar-refractivity contribution is -0.670. The minimum Gasteiger partial charge on any atom is -0.354 e. The molecule has 2 N–H and O–H groups in total. The lowest BCUT2D eigenvalue weighted by Crippen LogP contribution is -2.26. The van der Waals surface area contributed by atoms with Crippen molar-refractivity contribution in [3.05, 3.63) is 53.9 Å². The van der Waals surface area contributed by atoms with Gasteiger partial charge in [0.05, 0.1) is 11.8 Å². The standard InChI is InChI=1S/C18H16N2.CH4O3S/c1-11-15-10-20(3)9-8-13(15)12(2)18-17(11)14-6-4-5-7-16(14)19-18;1-5(2,3)4/h4-10H,1-3H3;1H3,(H,2,3,4)/p+1. The molecule has 0 fully saturated rings. The number of hydrogen-bond acceptors (Lipinski definition) is 2. The van der Waals surface area contributed by atoms with Crippen LogP contribution < -0.4 is 4.57 Å². The average molecular weight is 357 g/mol. The third-order valence-corrected chi connectivity index (χ3v) is 4.36. The number of aromatic amines is 1. The number of para-hydroxylation sites is 1. The molecule has 0 spiro atoms. The highest BCUT2D eigenvalue weighted by atomic mass is 32.2. The van der Waals surface area contributed by atoms with Gasteiger partial charge in [0.2, 0.25) is 0 Å². The Hall–Kier alpha value is -2.44. The molecule has 0 atom stereocenters. The summed E-state index contributed by atoms with van der Waals surface area (Å²) in [6, 6.07) is 10.8. The first-order valence-electron chi connectivity index (χ1n) is 7.88. The fourth-order valence-corrected chi connectivity index (χ4v) is 3.31. The summed E-state index contributed by atoms with van der Waals surface area (Å²) < 4.78 is 28.0. The molecule has 4 rings (SSSR count). The van der Waals surface area contributed by atoms with Gasteiger partial charge in [-0.1, -0.05) is 18.2 Å². The van der Waals surface area contributed by atoms with Crippen LogP contribution in [0.1, 0.15) is 11.1 Å². The number of nitrogens with zero attached hydrogens (tertiary/aromatic N) is 1. The summed E-state index contributed by atoms with van der Waals surface area (Å²) in [5.74, 6) is 0. The number of aryl methyl sites for hydroxylation is 3. The first kappa shape index (κ1) is 17.4. The van der Waals surface area contributed by atoms with Crippen LogP contribution in [0.2, 0.25) is 0 Å². The molecule has 0 saturated carbocycles. The van der Waals surface area contributed by atoms with Gasteiger partial charge in [0, 0.05) is 27.7 Å². The Morgan fingerprint density at radius 3 is 2.32 bits per heavy atom. The van der Waals surface area contributed by atoms with Crippen molar-refractivity contribution >= 4 is 42.7 Å². The van der Waals surface area contributed by atoms with Crippen LogP contribution in [0.5, 0.6) is 0 Å². The highest BCUT2D eigenvalue weighted by Gasteiger charge is 2.15. The van der Waals surface area contributed by atoms with E-state index in [4.69, 9.17) is 4.55 Å². The zero-order valence-electron chi connectivity index (χ0n) is 14.7. The smallest absolute Gasteiger partial charge is 0.261 e. The highest BCUT2D eigenvalue weighted by molar-refractivity contribution is 7.85. The maximum Gasteiger partial charge on any atom is 0.261 e. The molecule has 0 amide bonds. The van der Waals surface area contributed by atoms with Crippen LogP contribution in [0.3, 0.4) is 0 Å². The number of rotatable bonds is 0. The molecule has 0 radical (unpaired) electrons. The summed E-state index contributed by atoms with van der Waals surface area (Å²) in [5, 5.41) is 5.35. The van der Waals surface area contributed by atoms with Crippen molar-refractivity contribution in [2.24, 2.45) is 7.05 Å². The SMILES string of the molecule is CS(=O)(=O)O.Cc1c2cc[n+](C)cc2c(C)c2c1[nH]c1ccccc12. The Kier molecular flexibility index (Phi) is 4.26. The Labute approximate surface area is 146 Å². The van der Waals surface area contributed by atoms with Gasteiger partial charge in [0.25, 0.3) is 10.1 Å². The molecule has 0 saturated heterocycles. The van der Waals surface area contributed by atoms with Crippen molar-refractivity contribution in [3.63, 3.8) is 0 Å². The van der Waals surface area contributed by atoms with E-state index >= 15 is 0 Å². The third-order valence-electron chi connectivity index (χ3n) is 4.36. The molecule has 0 bridgehead atoms. The molecule has 6 heteroatoms. The number of nitrogens with one attached hydrogen (secondary N) is 1. The van der Waals surface area contributed by atoms with E-state index in [1.54, 1.807) is 0 Å². The molecule has 0 aliphatic carbocycles. The largest absolute Gasteiger partial charge is 0.354 e. The predicted molar refractivity (Wildman–Crippen MR) is 101 cm³/mol. The highest BCUT2D eigenvalue weighted by Crippen LogP contribution is 2.35. The first-order chi connectivity index (χ1) is 11.7. The van der Waals surface area contributed by atoms with Gasteiger partial charge in [-0.25, -0.2) is 4.57 Å². The van der Waals surface area contributed by atoms with Crippen molar-refractivity contribution in [2.75, 3.05) is 6.26 Å². The summed E-state index contributed by atoms with van der Waals surface area (Å²) in [4.78, 5) is 3.59. The maximum atomic E-state index is 9.19. The van der Waals surface area contributed by atoms with Crippen LogP contribution in [-0.2, 0) is 17.2 Å². The lowest BCUT2D eigenvalue weighted by Gasteiger charge is -2.07. The van der Waals surface area contributed by atoms with Crippen LogP contribution in [0.25, 0.3) is 32.6 Å². The van der Waals surface area contributed by atoms with Crippen LogP contribution in [0.4, 0.5) is 0 Å². The van der Waals surface area contributed by atoms with E-state index in [0.717, 1.165) is 0 Å². The number of H-pyrrole nitrogens is 1. The fraction of sp³-hybridized carbons (Fsp3) is 0.211. The average Bonchev–Trinajstić information content (AvgIpc) is 2.91. The Bertz CT molecular complexity index is 1200. The van der Waals surface area contributed by atoms with E-state index in [1.807, 2.05) is 0 Å². The van der Waals surface area contributed by atoms with Crippen molar-refractivity contribution in [3.8, 4) is 0 Å². The second kappa shape index (κ2) is 6.13. The van der Waals surface area contributed by atoms with Crippen LogP contribution in [0.15, 0.2) is 42.7 Å².